The Morgan fingerprint density at radius 1 is 1.16 bits per heavy atom. The third-order valence-corrected chi connectivity index (χ3v) is 5.05. The SMILES string of the molecule is CC(C)(C)OC(=O)NCC1(c2nocc2C(=O)ON2C(=O)c3ccccc3C2=O)CC1. The van der Waals surface area contributed by atoms with Gasteiger partial charge in [-0.15, -0.1) is 0 Å². The molecule has 2 aliphatic rings. The molecule has 1 N–H and O–H groups in total. The zero-order chi connectivity index (χ0) is 22.4. The van der Waals surface area contributed by atoms with E-state index in [1.54, 1.807) is 32.9 Å². The van der Waals surface area contributed by atoms with Gasteiger partial charge in [-0.05, 0) is 45.7 Å². The van der Waals surface area contributed by atoms with Gasteiger partial charge in [0.15, 0.2) is 0 Å². The van der Waals surface area contributed by atoms with Crippen molar-refractivity contribution < 1.29 is 33.3 Å². The number of nitrogens with one attached hydrogen (secondary N) is 1. The fraction of sp³-hybridized carbons (Fsp3) is 0.381. The van der Waals surface area contributed by atoms with Crippen LogP contribution in [0.4, 0.5) is 4.79 Å². The van der Waals surface area contributed by atoms with Crippen LogP contribution in [0.5, 0.6) is 0 Å². The van der Waals surface area contributed by atoms with E-state index in [2.05, 4.69) is 10.5 Å². The minimum atomic E-state index is -0.950. The Kier molecular flexibility index (Phi) is 4.79. The monoisotopic (exact) mass is 427 g/mol. The van der Waals surface area contributed by atoms with Gasteiger partial charge in [-0.3, -0.25) is 9.59 Å². The number of hydrogen-bond donors (Lipinski definition) is 1. The minimum Gasteiger partial charge on any atom is -0.444 e. The fourth-order valence-electron chi connectivity index (χ4n) is 3.35. The van der Waals surface area contributed by atoms with Crippen LogP contribution < -0.4 is 5.32 Å². The number of carbonyl (C=O) groups is 4. The first-order valence-corrected chi connectivity index (χ1v) is 9.73. The van der Waals surface area contributed by atoms with Gasteiger partial charge in [0.2, 0.25) is 0 Å². The van der Waals surface area contributed by atoms with Gasteiger partial charge in [-0.1, -0.05) is 22.4 Å². The summed E-state index contributed by atoms with van der Waals surface area (Å²) in [5.74, 6) is -2.39. The fourth-order valence-corrected chi connectivity index (χ4v) is 3.35. The molecule has 0 bridgehead atoms. The van der Waals surface area contributed by atoms with Crippen molar-refractivity contribution in [2.24, 2.45) is 0 Å². The van der Waals surface area contributed by atoms with Crippen LogP contribution in [0.1, 0.15) is 70.4 Å². The summed E-state index contributed by atoms with van der Waals surface area (Å²) < 4.78 is 10.2. The number of carbonyl (C=O) groups excluding carboxylic acids is 4. The third kappa shape index (κ3) is 3.88. The summed E-state index contributed by atoms with van der Waals surface area (Å²) in [6.45, 7) is 5.45. The molecule has 0 radical (unpaired) electrons. The van der Waals surface area contributed by atoms with Crippen LogP contribution in [-0.2, 0) is 15.0 Å². The molecule has 1 aromatic carbocycles. The quantitative estimate of drug-likeness (QED) is 0.721. The number of fused-ring (bicyclic) bond motifs is 1. The Labute approximate surface area is 177 Å². The van der Waals surface area contributed by atoms with E-state index in [1.807, 2.05) is 0 Å². The Morgan fingerprint density at radius 3 is 2.32 bits per heavy atom. The van der Waals surface area contributed by atoms with Gasteiger partial charge in [-0.25, -0.2) is 9.59 Å². The van der Waals surface area contributed by atoms with Gasteiger partial charge in [0.1, 0.15) is 23.1 Å². The molecular weight excluding hydrogens is 406 g/mol. The highest BCUT2D eigenvalue weighted by Gasteiger charge is 2.50. The predicted octanol–water partition coefficient (Wildman–Crippen LogP) is 2.60. The maximum Gasteiger partial charge on any atom is 0.407 e. The molecule has 1 aliphatic carbocycles. The number of hydroxylamine groups is 2. The van der Waals surface area contributed by atoms with Crippen molar-refractivity contribution >= 4 is 23.9 Å². The molecule has 1 aliphatic heterocycles. The molecule has 162 valence electrons. The summed E-state index contributed by atoms with van der Waals surface area (Å²) in [5, 5.41) is 7.03. The number of imide groups is 1. The third-order valence-electron chi connectivity index (χ3n) is 5.05. The molecule has 1 fully saturated rings. The molecule has 10 heteroatoms. The molecule has 31 heavy (non-hydrogen) atoms. The molecule has 0 saturated heterocycles. The van der Waals surface area contributed by atoms with Crippen molar-refractivity contribution in [2.75, 3.05) is 6.54 Å². The smallest absolute Gasteiger partial charge is 0.407 e. The topological polar surface area (TPSA) is 128 Å². The Hall–Kier alpha value is -3.69. The highest BCUT2D eigenvalue weighted by Crippen LogP contribution is 2.48. The summed E-state index contributed by atoms with van der Waals surface area (Å²) >= 11 is 0. The van der Waals surface area contributed by atoms with Gasteiger partial charge in [0.05, 0.1) is 11.1 Å². The zero-order valence-corrected chi connectivity index (χ0v) is 17.3. The Balaban J connectivity index is 1.46. The van der Waals surface area contributed by atoms with E-state index < -0.39 is 34.9 Å². The van der Waals surface area contributed by atoms with Gasteiger partial charge >= 0.3 is 12.1 Å². The summed E-state index contributed by atoms with van der Waals surface area (Å²) in [5.41, 5.74) is -0.654. The summed E-state index contributed by atoms with van der Waals surface area (Å²) in [7, 11) is 0. The zero-order valence-electron chi connectivity index (χ0n) is 17.3. The number of aromatic nitrogens is 1. The molecule has 3 amide bonds. The summed E-state index contributed by atoms with van der Waals surface area (Å²) in [6, 6.07) is 6.19. The highest BCUT2D eigenvalue weighted by molar-refractivity contribution is 6.21. The highest BCUT2D eigenvalue weighted by atomic mass is 16.7. The minimum absolute atomic E-state index is 0.0138. The maximum absolute atomic E-state index is 12.7. The van der Waals surface area contributed by atoms with E-state index in [0.29, 0.717) is 23.6 Å². The van der Waals surface area contributed by atoms with E-state index in [-0.39, 0.29) is 23.2 Å². The maximum atomic E-state index is 12.7. The Morgan fingerprint density at radius 2 is 1.77 bits per heavy atom. The number of benzene rings is 1. The van der Waals surface area contributed by atoms with Crippen molar-refractivity contribution in [1.82, 2.24) is 15.5 Å². The van der Waals surface area contributed by atoms with Gasteiger partial charge in [-0.2, -0.15) is 0 Å². The van der Waals surface area contributed by atoms with Crippen LogP contribution in [0.25, 0.3) is 0 Å². The second-order valence-electron chi connectivity index (χ2n) is 8.54. The average molecular weight is 427 g/mol. The van der Waals surface area contributed by atoms with Gasteiger partial charge < -0.3 is 19.4 Å². The molecule has 10 nitrogen and oxygen atoms in total. The van der Waals surface area contributed by atoms with Crippen LogP contribution in [0.2, 0.25) is 0 Å². The first kappa shape index (κ1) is 20.6. The summed E-state index contributed by atoms with van der Waals surface area (Å²) in [4.78, 5) is 54.7. The van der Waals surface area contributed by atoms with E-state index in [0.717, 1.165) is 6.26 Å². The molecule has 2 aromatic rings. The summed E-state index contributed by atoms with van der Waals surface area (Å²) in [6.07, 6.45) is 1.83. The average Bonchev–Trinajstić information content (AvgIpc) is 3.26. The van der Waals surface area contributed by atoms with Crippen LogP contribution in [-0.4, -0.2) is 46.2 Å². The van der Waals surface area contributed by atoms with E-state index in [4.69, 9.17) is 14.1 Å². The van der Waals surface area contributed by atoms with Crippen molar-refractivity contribution in [2.45, 2.75) is 44.6 Å². The molecule has 4 rings (SSSR count). The molecule has 0 unspecified atom stereocenters. The van der Waals surface area contributed by atoms with Crippen LogP contribution in [0.3, 0.4) is 0 Å². The lowest BCUT2D eigenvalue weighted by Crippen LogP contribution is -2.38. The molecule has 2 heterocycles. The lowest BCUT2D eigenvalue weighted by molar-refractivity contribution is -0.0586. The van der Waals surface area contributed by atoms with E-state index >= 15 is 0 Å². The van der Waals surface area contributed by atoms with Gasteiger partial charge in [0, 0.05) is 12.0 Å². The molecule has 1 aromatic heterocycles. The second-order valence-corrected chi connectivity index (χ2v) is 8.54. The standard InChI is InChI=1S/C21H21N3O7/c1-20(2,3)30-19(28)22-11-21(8-9-21)15-14(10-29-23-15)18(27)31-24-16(25)12-6-4-5-7-13(12)17(24)26/h4-7,10H,8-9,11H2,1-3H3,(H,22,28). The second kappa shape index (κ2) is 7.22. The normalized spacial score (nSPS) is 16.7. The first-order valence-electron chi connectivity index (χ1n) is 9.73. The number of rotatable bonds is 5. The lowest BCUT2D eigenvalue weighted by Gasteiger charge is -2.21. The van der Waals surface area contributed by atoms with E-state index in [9.17, 15) is 19.2 Å². The van der Waals surface area contributed by atoms with Gasteiger partial charge in [0.25, 0.3) is 11.8 Å². The number of nitrogens with zero attached hydrogens (tertiary/aromatic N) is 2. The van der Waals surface area contributed by atoms with Crippen molar-refractivity contribution in [3.63, 3.8) is 0 Å². The molecule has 0 spiro atoms. The molecule has 1 saturated carbocycles. The first-order chi connectivity index (χ1) is 14.6. The van der Waals surface area contributed by atoms with Crippen molar-refractivity contribution in [1.29, 1.82) is 0 Å². The van der Waals surface area contributed by atoms with Crippen molar-refractivity contribution in [3.8, 4) is 0 Å². The number of amides is 3. The number of alkyl carbamates (subject to hydrolysis) is 1. The van der Waals surface area contributed by atoms with Crippen LogP contribution in [0, 0.1) is 0 Å². The van der Waals surface area contributed by atoms with Crippen molar-refractivity contribution in [3.05, 3.63) is 52.9 Å². The van der Waals surface area contributed by atoms with Crippen LogP contribution in [0.15, 0.2) is 35.1 Å². The molecule has 0 atom stereocenters. The lowest BCUT2D eigenvalue weighted by atomic mass is 9.99. The molecular formula is C21H21N3O7. The Bertz CT molecular complexity index is 1040. The number of ether oxygens (including phenoxy) is 1. The van der Waals surface area contributed by atoms with E-state index in [1.165, 1.54) is 12.1 Å². The predicted molar refractivity (Wildman–Crippen MR) is 104 cm³/mol. The van der Waals surface area contributed by atoms with Crippen LogP contribution >= 0.6 is 0 Å². The number of hydrogen-bond acceptors (Lipinski definition) is 8. The largest absolute Gasteiger partial charge is 0.444 e.